The van der Waals surface area contributed by atoms with Crippen molar-refractivity contribution in [2.45, 2.75) is 32.7 Å². The van der Waals surface area contributed by atoms with Crippen molar-refractivity contribution < 1.29 is 9.13 Å². The maximum absolute atomic E-state index is 13.1. The van der Waals surface area contributed by atoms with E-state index in [-0.39, 0.29) is 11.2 Å². The molecule has 1 saturated carbocycles. The summed E-state index contributed by atoms with van der Waals surface area (Å²) in [6, 6.07) is 5.19. The van der Waals surface area contributed by atoms with E-state index in [0.29, 0.717) is 18.4 Å². The second-order valence-electron chi connectivity index (χ2n) is 5.68. The van der Waals surface area contributed by atoms with Gasteiger partial charge in [0.25, 0.3) is 0 Å². The lowest BCUT2D eigenvalue weighted by Crippen LogP contribution is -2.35. The van der Waals surface area contributed by atoms with E-state index in [4.69, 9.17) is 4.74 Å². The van der Waals surface area contributed by atoms with Crippen LogP contribution < -0.4 is 10.1 Å². The van der Waals surface area contributed by atoms with E-state index in [2.05, 4.69) is 35.1 Å². The monoisotopic (exact) mass is 315 g/mol. The van der Waals surface area contributed by atoms with Crippen LogP contribution in [0.5, 0.6) is 5.75 Å². The molecular weight excluding hydrogens is 297 g/mol. The third-order valence-corrected chi connectivity index (χ3v) is 3.61. The smallest absolute Gasteiger partial charge is 0.136 e. The molecular formula is C14H19BrFNO. The second kappa shape index (κ2) is 5.57. The average Bonchev–Trinajstić information content (AvgIpc) is 3.12. The van der Waals surface area contributed by atoms with E-state index < -0.39 is 0 Å². The molecule has 0 atom stereocenters. The predicted octanol–water partition coefficient (Wildman–Crippen LogP) is 3.75. The second-order valence-corrected chi connectivity index (χ2v) is 6.54. The quantitative estimate of drug-likeness (QED) is 0.863. The maximum atomic E-state index is 13.1. The first-order chi connectivity index (χ1) is 8.46. The number of hydrogen-bond donors (Lipinski definition) is 1. The summed E-state index contributed by atoms with van der Waals surface area (Å²) in [6.45, 7) is 5.78. The van der Waals surface area contributed by atoms with Crippen molar-refractivity contribution in [3.05, 3.63) is 28.5 Å². The van der Waals surface area contributed by atoms with Crippen LogP contribution in [0.1, 0.15) is 26.7 Å². The Bertz CT molecular complexity index is 418. The number of hydrogen-bond acceptors (Lipinski definition) is 2. The molecule has 0 unspecified atom stereocenters. The molecule has 1 aromatic rings. The molecule has 0 saturated heterocycles. The molecule has 1 aliphatic rings. The summed E-state index contributed by atoms with van der Waals surface area (Å²) >= 11 is 3.36. The highest BCUT2D eigenvalue weighted by Crippen LogP contribution is 2.28. The minimum absolute atomic E-state index is 0.0361. The van der Waals surface area contributed by atoms with Gasteiger partial charge >= 0.3 is 0 Å². The van der Waals surface area contributed by atoms with Gasteiger partial charge in [0.1, 0.15) is 11.6 Å². The Morgan fingerprint density at radius 3 is 2.83 bits per heavy atom. The van der Waals surface area contributed by atoms with Crippen LogP contribution in [0.15, 0.2) is 22.7 Å². The van der Waals surface area contributed by atoms with Gasteiger partial charge in [0, 0.05) is 24.1 Å². The van der Waals surface area contributed by atoms with Crippen LogP contribution in [-0.2, 0) is 0 Å². The van der Waals surface area contributed by atoms with Crippen molar-refractivity contribution in [1.82, 2.24) is 5.32 Å². The zero-order chi connectivity index (χ0) is 13.2. The fourth-order valence-electron chi connectivity index (χ4n) is 1.62. The van der Waals surface area contributed by atoms with Gasteiger partial charge in [0.15, 0.2) is 0 Å². The SMILES string of the molecule is CC(C)(CNC1CC1)COc1cc(F)ccc1Br. The zero-order valence-electron chi connectivity index (χ0n) is 10.8. The fourth-order valence-corrected chi connectivity index (χ4v) is 1.98. The van der Waals surface area contributed by atoms with E-state index in [1.807, 2.05) is 0 Å². The highest BCUT2D eigenvalue weighted by Gasteiger charge is 2.26. The molecule has 1 aromatic carbocycles. The third kappa shape index (κ3) is 4.25. The minimum Gasteiger partial charge on any atom is -0.492 e. The van der Waals surface area contributed by atoms with Crippen LogP contribution in [0.4, 0.5) is 4.39 Å². The molecule has 1 fully saturated rings. The Kier molecular flexibility index (Phi) is 4.28. The molecule has 2 nitrogen and oxygen atoms in total. The van der Waals surface area contributed by atoms with Crippen molar-refractivity contribution in [1.29, 1.82) is 0 Å². The Labute approximate surface area is 116 Å². The van der Waals surface area contributed by atoms with Crippen LogP contribution >= 0.6 is 15.9 Å². The number of ether oxygens (including phenoxy) is 1. The van der Waals surface area contributed by atoms with Gasteiger partial charge in [-0.15, -0.1) is 0 Å². The van der Waals surface area contributed by atoms with Gasteiger partial charge in [-0.05, 0) is 40.9 Å². The summed E-state index contributed by atoms with van der Waals surface area (Å²) in [5.41, 5.74) is 0.0361. The van der Waals surface area contributed by atoms with Crippen LogP contribution in [0.25, 0.3) is 0 Å². The number of benzene rings is 1. The molecule has 0 spiro atoms. The van der Waals surface area contributed by atoms with E-state index in [1.54, 1.807) is 6.07 Å². The summed E-state index contributed by atoms with van der Waals surface area (Å²) in [4.78, 5) is 0. The molecule has 0 aromatic heterocycles. The maximum Gasteiger partial charge on any atom is 0.136 e. The standard InChI is InChI=1S/C14H19BrFNO/c1-14(2,8-17-11-4-5-11)9-18-13-7-10(16)3-6-12(13)15/h3,6-7,11,17H,4-5,8-9H2,1-2H3. The van der Waals surface area contributed by atoms with Gasteiger partial charge in [0.05, 0.1) is 11.1 Å². The van der Waals surface area contributed by atoms with Crippen LogP contribution in [0.2, 0.25) is 0 Å². The summed E-state index contributed by atoms with van der Waals surface area (Å²) in [6.07, 6.45) is 2.57. The fraction of sp³-hybridized carbons (Fsp3) is 0.571. The Morgan fingerprint density at radius 1 is 1.44 bits per heavy atom. The Hall–Kier alpha value is -0.610. The third-order valence-electron chi connectivity index (χ3n) is 2.96. The van der Waals surface area contributed by atoms with E-state index >= 15 is 0 Å². The normalized spacial score (nSPS) is 15.8. The molecule has 0 radical (unpaired) electrons. The molecule has 0 aliphatic heterocycles. The van der Waals surface area contributed by atoms with Gasteiger partial charge in [-0.1, -0.05) is 13.8 Å². The molecule has 0 amide bonds. The number of rotatable bonds is 6. The Balaban J connectivity index is 1.86. The molecule has 1 N–H and O–H groups in total. The van der Waals surface area contributed by atoms with Crippen molar-refractivity contribution >= 4 is 15.9 Å². The molecule has 100 valence electrons. The van der Waals surface area contributed by atoms with Crippen LogP contribution in [-0.4, -0.2) is 19.2 Å². The van der Waals surface area contributed by atoms with E-state index in [9.17, 15) is 4.39 Å². The topological polar surface area (TPSA) is 21.3 Å². The first-order valence-electron chi connectivity index (χ1n) is 6.27. The van der Waals surface area contributed by atoms with Gasteiger partial charge < -0.3 is 10.1 Å². The molecule has 0 bridgehead atoms. The molecule has 2 rings (SSSR count). The average molecular weight is 316 g/mol. The van der Waals surface area contributed by atoms with Crippen molar-refractivity contribution in [3.8, 4) is 5.75 Å². The van der Waals surface area contributed by atoms with E-state index in [1.165, 1.54) is 25.0 Å². The van der Waals surface area contributed by atoms with Gasteiger partial charge in [0.2, 0.25) is 0 Å². The number of halogens is 2. The summed E-state index contributed by atoms with van der Waals surface area (Å²) in [7, 11) is 0. The highest BCUT2D eigenvalue weighted by molar-refractivity contribution is 9.10. The first kappa shape index (κ1) is 13.8. The zero-order valence-corrected chi connectivity index (χ0v) is 12.4. The van der Waals surface area contributed by atoms with Crippen LogP contribution in [0.3, 0.4) is 0 Å². The molecule has 1 aliphatic carbocycles. The van der Waals surface area contributed by atoms with E-state index in [0.717, 1.165) is 11.0 Å². The number of nitrogens with one attached hydrogen (secondary N) is 1. The lowest BCUT2D eigenvalue weighted by Gasteiger charge is -2.25. The van der Waals surface area contributed by atoms with Crippen LogP contribution in [0, 0.1) is 11.2 Å². The van der Waals surface area contributed by atoms with Gasteiger partial charge in [-0.3, -0.25) is 0 Å². The summed E-state index contributed by atoms with van der Waals surface area (Å²) in [5, 5.41) is 3.49. The highest BCUT2D eigenvalue weighted by atomic mass is 79.9. The first-order valence-corrected chi connectivity index (χ1v) is 7.07. The minimum atomic E-state index is -0.276. The predicted molar refractivity (Wildman–Crippen MR) is 74.4 cm³/mol. The lowest BCUT2D eigenvalue weighted by molar-refractivity contribution is 0.174. The van der Waals surface area contributed by atoms with Gasteiger partial charge in [-0.25, -0.2) is 4.39 Å². The van der Waals surface area contributed by atoms with Crippen molar-refractivity contribution in [2.24, 2.45) is 5.41 Å². The molecule has 18 heavy (non-hydrogen) atoms. The van der Waals surface area contributed by atoms with Crippen molar-refractivity contribution in [2.75, 3.05) is 13.2 Å². The Morgan fingerprint density at radius 2 is 2.17 bits per heavy atom. The van der Waals surface area contributed by atoms with Crippen molar-refractivity contribution in [3.63, 3.8) is 0 Å². The summed E-state index contributed by atoms with van der Waals surface area (Å²) < 4.78 is 19.6. The van der Waals surface area contributed by atoms with Gasteiger partial charge in [-0.2, -0.15) is 0 Å². The summed E-state index contributed by atoms with van der Waals surface area (Å²) in [5.74, 6) is 0.289. The lowest BCUT2D eigenvalue weighted by atomic mass is 9.95. The largest absolute Gasteiger partial charge is 0.492 e. The molecule has 0 heterocycles. The molecule has 4 heteroatoms.